The maximum absolute atomic E-state index is 12.0. The Bertz CT molecular complexity index is 735. The largest absolute Gasteiger partial charge is 0.496 e. The summed E-state index contributed by atoms with van der Waals surface area (Å²) in [6.07, 6.45) is 0. The van der Waals surface area contributed by atoms with E-state index in [4.69, 9.17) is 17.0 Å². The molecule has 0 atom stereocenters. The Balaban J connectivity index is 1.87. The molecule has 0 aliphatic rings. The Labute approximate surface area is 150 Å². The Morgan fingerprint density at radius 3 is 2.61 bits per heavy atom. The van der Waals surface area contributed by atoms with Gasteiger partial charge in [0.25, 0.3) is 11.8 Å². The second-order valence-corrected chi connectivity index (χ2v) is 6.40. The first-order valence-electron chi connectivity index (χ1n) is 6.30. The standard InChI is InChI=1S/C14H12BrN3O3S2/c1-21-10-5-4-8(7-9(10)15)12(19)17-18-14(22)16-13(20)11-3-2-6-23-11/h2-7H,1H3,(H,17,19)(H2,16,18,20,22). The minimum Gasteiger partial charge on any atom is -0.496 e. The number of benzene rings is 1. The maximum atomic E-state index is 12.0. The van der Waals surface area contributed by atoms with E-state index in [2.05, 4.69) is 32.1 Å². The number of methoxy groups -OCH3 is 1. The summed E-state index contributed by atoms with van der Waals surface area (Å²) in [7, 11) is 1.54. The molecule has 0 aliphatic carbocycles. The lowest BCUT2D eigenvalue weighted by Gasteiger charge is -2.11. The molecule has 2 rings (SSSR count). The molecule has 0 bridgehead atoms. The average molecular weight is 414 g/mol. The first kappa shape index (κ1) is 17.4. The number of carbonyl (C=O) groups excluding carboxylic acids is 2. The Kier molecular flexibility index (Phi) is 6.08. The maximum Gasteiger partial charge on any atom is 0.269 e. The van der Waals surface area contributed by atoms with E-state index in [-0.39, 0.29) is 11.0 Å². The molecule has 0 aliphatic heterocycles. The molecule has 2 amide bonds. The van der Waals surface area contributed by atoms with Crippen LogP contribution in [0.15, 0.2) is 40.2 Å². The van der Waals surface area contributed by atoms with Gasteiger partial charge in [-0.3, -0.25) is 25.8 Å². The van der Waals surface area contributed by atoms with Crippen molar-refractivity contribution >= 4 is 56.4 Å². The van der Waals surface area contributed by atoms with Crippen molar-refractivity contribution in [3.05, 3.63) is 50.6 Å². The van der Waals surface area contributed by atoms with Gasteiger partial charge in [-0.15, -0.1) is 11.3 Å². The molecule has 0 saturated carbocycles. The summed E-state index contributed by atoms with van der Waals surface area (Å²) in [5.41, 5.74) is 5.29. The van der Waals surface area contributed by atoms with Gasteiger partial charge in [0, 0.05) is 5.56 Å². The molecular formula is C14H12BrN3O3S2. The van der Waals surface area contributed by atoms with Crippen LogP contribution in [0.4, 0.5) is 0 Å². The third-order valence-electron chi connectivity index (χ3n) is 2.68. The van der Waals surface area contributed by atoms with Gasteiger partial charge in [-0.1, -0.05) is 6.07 Å². The molecule has 2 aromatic rings. The first-order chi connectivity index (χ1) is 11.0. The zero-order valence-electron chi connectivity index (χ0n) is 11.9. The fourth-order valence-electron chi connectivity index (χ4n) is 1.60. The van der Waals surface area contributed by atoms with Crippen LogP contribution < -0.4 is 20.9 Å². The second-order valence-electron chi connectivity index (χ2n) is 4.19. The lowest BCUT2D eigenvalue weighted by molar-refractivity contribution is 0.0935. The number of hydrazine groups is 1. The highest BCUT2D eigenvalue weighted by Crippen LogP contribution is 2.25. The molecule has 6 nitrogen and oxygen atoms in total. The summed E-state index contributed by atoms with van der Waals surface area (Å²) in [4.78, 5) is 24.3. The number of halogens is 1. The molecule has 23 heavy (non-hydrogen) atoms. The molecule has 0 fully saturated rings. The van der Waals surface area contributed by atoms with Crippen molar-refractivity contribution in [3.63, 3.8) is 0 Å². The van der Waals surface area contributed by atoms with Gasteiger partial charge in [0.2, 0.25) is 0 Å². The highest BCUT2D eigenvalue weighted by Gasteiger charge is 2.11. The number of amides is 2. The first-order valence-corrected chi connectivity index (χ1v) is 8.38. The van der Waals surface area contributed by atoms with Gasteiger partial charge in [0.1, 0.15) is 5.75 Å². The van der Waals surface area contributed by atoms with E-state index in [1.54, 1.807) is 35.7 Å². The highest BCUT2D eigenvalue weighted by molar-refractivity contribution is 9.10. The van der Waals surface area contributed by atoms with Crippen LogP contribution in [0.1, 0.15) is 20.0 Å². The minimum atomic E-state index is -0.402. The van der Waals surface area contributed by atoms with E-state index in [0.29, 0.717) is 20.7 Å². The predicted molar refractivity (Wildman–Crippen MR) is 95.7 cm³/mol. The van der Waals surface area contributed by atoms with E-state index in [0.717, 1.165) is 0 Å². The quantitative estimate of drug-likeness (QED) is 0.531. The normalized spacial score (nSPS) is 9.83. The Hall–Kier alpha value is -1.97. The average Bonchev–Trinajstić information content (AvgIpc) is 3.07. The van der Waals surface area contributed by atoms with E-state index in [9.17, 15) is 9.59 Å². The summed E-state index contributed by atoms with van der Waals surface area (Å²) in [5, 5.41) is 4.26. The number of thiophene rings is 1. The van der Waals surface area contributed by atoms with Crippen molar-refractivity contribution in [2.45, 2.75) is 0 Å². The highest BCUT2D eigenvalue weighted by atomic mass is 79.9. The molecule has 0 unspecified atom stereocenters. The zero-order valence-corrected chi connectivity index (χ0v) is 15.1. The molecule has 0 radical (unpaired) electrons. The molecule has 1 aromatic heterocycles. The summed E-state index contributed by atoms with van der Waals surface area (Å²) < 4.78 is 5.75. The third kappa shape index (κ3) is 4.75. The van der Waals surface area contributed by atoms with Crippen LogP contribution in [0.2, 0.25) is 0 Å². The monoisotopic (exact) mass is 413 g/mol. The molecule has 1 aromatic carbocycles. The van der Waals surface area contributed by atoms with Gasteiger partial charge in [0.05, 0.1) is 16.5 Å². The van der Waals surface area contributed by atoms with Gasteiger partial charge in [-0.2, -0.15) is 0 Å². The van der Waals surface area contributed by atoms with Crippen molar-refractivity contribution in [2.75, 3.05) is 7.11 Å². The van der Waals surface area contributed by atoms with Gasteiger partial charge in [0.15, 0.2) is 5.11 Å². The van der Waals surface area contributed by atoms with Gasteiger partial charge >= 0.3 is 0 Å². The molecule has 3 N–H and O–H groups in total. The van der Waals surface area contributed by atoms with Crippen LogP contribution in [0, 0.1) is 0 Å². The number of ether oxygens (including phenoxy) is 1. The van der Waals surface area contributed by atoms with Crippen molar-refractivity contribution in [1.29, 1.82) is 0 Å². The summed E-state index contributed by atoms with van der Waals surface area (Å²) in [6, 6.07) is 8.32. The van der Waals surface area contributed by atoms with Crippen molar-refractivity contribution < 1.29 is 14.3 Å². The molecule has 9 heteroatoms. The third-order valence-corrected chi connectivity index (χ3v) is 4.37. The number of hydrogen-bond acceptors (Lipinski definition) is 5. The topological polar surface area (TPSA) is 79.5 Å². The lowest BCUT2D eigenvalue weighted by atomic mass is 10.2. The van der Waals surface area contributed by atoms with Gasteiger partial charge < -0.3 is 4.74 Å². The SMILES string of the molecule is COc1ccc(C(=O)NNC(=S)NC(=O)c2cccs2)cc1Br. The molecule has 0 spiro atoms. The van der Waals surface area contributed by atoms with Crippen molar-refractivity contribution in [1.82, 2.24) is 16.2 Å². The molecular weight excluding hydrogens is 402 g/mol. The van der Waals surface area contributed by atoms with E-state index in [1.807, 2.05) is 0 Å². The number of nitrogens with one attached hydrogen (secondary N) is 3. The summed E-state index contributed by atoms with van der Waals surface area (Å²) in [5.74, 6) is -0.117. The van der Waals surface area contributed by atoms with Crippen LogP contribution >= 0.6 is 39.5 Å². The van der Waals surface area contributed by atoms with Crippen LogP contribution in [0.5, 0.6) is 5.75 Å². The van der Waals surface area contributed by atoms with Gasteiger partial charge in [-0.25, -0.2) is 0 Å². The molecule has 0 saturated heterocycles. The number of hydrogen-bond donors (Lipinski definition) is 3. The second kappa shape index (κ2) is 8.04. The van der Waals surface area contributed by atoms with Crippen LogP contribution in [0.25, 0.3) is 0 Å². The number of rotatable bonds is 3. The molecule has 120 valence electrons. The van der Waals surface area contributed by atoms with E-state index < -0.39 is 5.91 Å². The Morgan fingerprint density at radius 1 is 1.22 bits per heavy atom. The smallest absolute Gasteiger partial charge is 0.269 e. The lowest BCUT2D eigenvalue weighted by Crippen LogP contribution is -2.48. The van der Waals surface area contributed by atoms with Crippen molar-refractivity contribution in [3.8, 4) is 5.75 Å². The number of carbonyl (C=O) groups is 2. The van der Waals surface area contributed by atoms with E-state index in [1.165, 1.54) is 18.4 Å². The van der Waals surface area contributed by atoms with Crippen LogP contribution in [-0.4, -0.2) is 24.0 Å². The summed E-state index contributed by atoms with van der Waals surface area (Å²) >= 11 is 9.55. The van der Waals surface area contributed by atoms with Crippen LogP contribution in [-0.2, 0) is 0 Å². The zero-order chi connectivity index (χ0) is 16.8. The number of thiocarbonyl (C=S) groups is 1. The Morgan fingerprint density at radius 2 is 2.00 bits per heavy atom. The van der Waals surface area contributed by atoms with E-state index >= 15 is 0 Å². The minimum absolute atomic E-state index is 0.00401. The van der Waals surface area contributed by atoms with Crippen LogP contribution in [0.3, 0.4) is 0 Å². The predicted octanol–water partition coefficient (Wildman–Crippen LogP) is 2.47. The fourth-order valence-corrected chi connectivity index (χ4v) is 2.90. The van der Waals surface area contributed by atoms with Gasteiger partial charge in [-0.05, 0) is 57.8 Å². The van der Waals surface area contributed by atoms with Crippen molar-refractivity contribution in [2.24, 2.45) is 0 Å². The fraction of sp³-hybridized carbons (Fsp3) is 0.0714. The summed E-state index contributed by atoms with van der Waals surface area (Å²) in [6.45, 7) is 0. The molecule has 1 heterocycles.